The van der Waals surface area contributed by atoms with Crippen LogP contribution in [0.2, 0.25) is 0 Å². The minimum atomic E-state index is -0.236. The van der Waals surface area contributed by atoms with E-state index in [1.807, 2.05) is 12.2 Å². The van der Waals surface area contributed by atoms with Gasteiger partial charge in [-0.05, 0) is 24.8 Å². The van der Waals surface area contributed by atoms with Crippen LogP contribution in [-0.4, -0.2) is 19.0 Å². The number of ketones is 1. The van der Waals surface area contributed by atoms with E-state index in [9.17, 15) is 4.79 Å². The summed E-state index contributed by atoms with van der Waals surface area (Å²) in [4.78, 5) is 11.1. The normalized spacial score (nSPS) is 28.9. The molecule has 0 amide bonds. The minimum absolute atomic E-state index is 0.0813. The van der Waals surface area contributed by atoms with E-state index in [-0.39, 0.29) is 11.9 Å². The molecule has 2 heteroatoms. The van der Waals surface area contributed by atoms with Gasteiger partial charge in [0.2, 0.25) is 0 Å². The third kappa shape index (κ3) is 2.05. The van der Waals surface area contributed by atoms with E-state index in [0.717, 1.165) is 12.8 Å². The Labute approximate surface area is 72.9 Å². The van der Waals surface area contributed by atoms with E-state index in [1.165, 1.54) is 0 Å². The maximum atomic E-state index is 11.1. The quantitative estimate of drug-likeness (QED) is 0.597. The maximum absolute atomic E-state index is 11.1. The number of carbonyl (C=O) groups is 1. The molecule has 2 nitrogen and oxygen atoms in total. The highest BCUT2D eigenvalue weighted by molar-refractivity contribution is 5.94. The van der Waals surface area contributed by atoms with E-state index in [0.29, 0.717) is 5.92 Å². The van der Waals surface area contributed by atoms with Crippen molar-refractivity contribution in [1.82, 2.24) is 0 Å². The van der Waals surface area contributed by atoms with Crippen molar-refractivity contribution in [3.8, 4) is 0 Å². The standard InChI is InChI=1S/C10H14O2/c1-3-4-8-5-6-9(11)10(7-8)12-2/h3,5-6,8,10H,1,4,7H2,2H3. The van der Waals surface area contributed by atoms with Crippen molar-refractivity contribution in [1.29, 1.82) is 0 Å². The number of carbonyl (C=O) groups excluding carboxylic acids is 1. The smallest absolute Gasteiger partial charge is 0.184 e. The molecular weight excluding hydrogens is 152 g/mol. The zero-order valence-electron chi connectivity index (χ0n) is 7.32. The molecule has 0 N–H and O–H groups in total. The van der Waals surface area contributed by atoms with Gasteiger partial charge in [-0.3, -0.25) is 4.79 Å². The van der Waals surface area contributed by atoms with Crippen molar-refractivity contribution in [2.24, 2.45) is 5.92 Å². The Morgan fingerprint density at radius 1 is 1.83 bits per heavy atom. The summed E-state index contributed by atoms with van der Waals surface area (Å²) in [6, 6.07) is 0. The summed E-state index contributed by atoms with van der Waals surface area (Å²) >= 11 is 0. The van der Waals surface area contributed by atoms with Gasteiger partial charge in [0.15, 0.2) is 5.78 Å². The first-order chi connectivity index (χ1) is 5.77. The first-order valence-electron chi connectivity index (χ1n) is 4.13. The molecule has 1 rings (SSSR count). The van der Waals surface area contributed by atoms with Crippen molar-refractivity contribution < 1.29 is 9.53 Å². The zero-order chi connectivity index (χ0) is 8.97. The molecule has 0 saturated carbocycles. The number of rotatable bonds is 3. The molecule has 1 aliphatic rings. The summed E-state index contributed by atoms with van der Waals surface area (Å²) in [5.41, 5.74) is 0. The van der Waals surface area contributed by atoms with Crippen LogP contribution in [0.15, 0.2) is 24.8 Å². The average molecular weight is 166 g/mol. The molecular formula is C10H14O2. The van der Waals surface area contributed by atoms with Crippen LogP contribution in [0, 0.1) is 5.92 Å². The van der Waals surface area contributed by atoms with Crippen molar-refractivity contribution >= 4 is 5.78 Å². The van der Waals surface area contributed by atoms with Gasteiger partial charge in [0.05, 0.1) is 0 Å². The first kappa shape index (κ1) is 9.20. The molecule has 0 heterocycles. The molecule has 0 aliphatic heterocycles. The Morgan fingerprint density at radius 2 is 2.58 bits per heavy atom. The first-order valence-corrected chi connectivity index (χ1v) is 4.13. The Kier molecular flexibility index (Phi) is 3.23. The molecule has 1 aliphatic carbocycles. The molecule has 2 atom stereocenters. The lowest BCUT2D eigenvalue weighted by Crippen LogP contribution is -2.27. The number of allylic oxidation sites excluding steroid dienone is 2. The fourth-order valence-electron chi connectivity index (χ4n) is 1.41. The van der Waals surface area contributed by atoms with Crippen LogP contribution < -0.4 is 0 Å². The lowest BCUT2D eigenvalue weighted by atomic mass is 9.90. The summed E-state index contributed by atoms with van der Waals surface area (Å²) in [5, 5.41) is 0. The van der Waals surface area contributed by atoms with Crippen molar-refractivity contribution in [3.63, 3.8) is 0 Å². The molecule has 66 valence electrons. The molecule has 2 unspecified atom stereocenters. The molecule has 0 aromatic heterocycles. The largest absolute Gasteiger partial charge is 0.373 e. The van der Waals surface area contributed by atoms with Gasteiger partial charge in [0, 0.05) is 7.11 Å². The van der Waals surface area contributed by atoms with E-state index in [2.05, 4.69) is 6.58 Å². The summed E-state index contributed by atoms with van der Waals surface area (Å²) in [6.45, 7) is 3.67. The van der Waals surface area contributed by atoms with Gasteiger partial charge >= 0.3 is 0 Å². The summed E-state index contributed by atoms with van der Waals surface area (Å²) < 4.78 is 5.04. The molecule has 0 saturated heterocycles. The van der Waals surface area contributed by atoms with Gasteiger partial charge in [-0.1, -0.05) is 12.2 Å². The Hall–Kier alpha value is -0.890. The van der Waals surface area contributed by atoms with Gasteiger partial charge in [-0.15, -0.1) is 6.58 Å². The van der Waals surface area contributed by atoms with Crippen molar-refractivity contribution in [3.05, 3.63) is 24.8 Å². The summed E-state index contributed by atoms with van der Waals surface area (Å²) in [5.74, 6) is 0.503. The highest BCUT2D eigenvalue weighted by atomic mass is 16.5. The second kappa shape index (κ2) is 4.21. The fraction of sp³-hybridized carbons (Fsp3) is 0.500. The topological polar surface area (TPSA) is 26.3 Å². The van der Waals surface area contributed by atoms with E-state index in [1.54, 1.807) is 13.2 Å². The van der Waals surface area contributed by atoms with Crippen LogP contribution in [0.3, 0.4) is 0 Å². The van der Waals surface area contributed by atoms with E-state index >= 15 is 0 Å². The van der Waals surface area contributed by atoms with Gasteiger partial charge < -0.3 is 4.74 Å². The number of methoxy groups -OCH3 is 1. The highest BCUT2D eigenvalue weighted by Gasteiger charge is 2.22. The molecule has 12 heavy (non-hydrogen) atoms. The molecule has 0 bridgehead atoms. The highest BCUT2D eigenvalue weighted by Crippen LogP contribution is 2.20. The second-order valence-electron chi connectivity index (χ2n) is 3.01. The van der Waals surface area contributed by atoms with Gasteiger partial charge in [-0.2, -0.15) is 0 Å². The fourth-order valence-corrected chi connectivity index (χ4v) is 1.41. The lowest BCUT2D eigenvalue weighted by molar-refractivity contribution is -0.125. The van der Waals surface area contributed by atoms with Crippen molar-refractivity contribution in [2.45, 2.75) is 18.9 Å². The van der Waals surface area contributed by atoms with E-state index in [4.69, 9.17) is 4.74 Å². The SMILES string of the molecule is C=CCC1C=CC(=O)C(OC)C1. The number of hydrogen-bond acceptors (Lipinski definition) is 2. The van der Waals surface area contributed by atoms with Crippen molar-refractivity contribution in [2.75, 3.05) is 7.11 Å². The van der Waals surface area contributed by atoms with Gasteiger partial charge in [0.25, 0.3) is 0 Å². The van der Waals surface area contributed by atoms with Gasteiger partial charge in [-0.25, -0.2) is 0 Å². The Bertz CT molecular complexity index is 206. The minimum Gasteiger partial charge on any atom is -0.373 e. The molecule has 0 aromatic carbocycles. The average Bonchev–Trinajstić information content (AvgIpc) is 2.09. The number of ether oxygens (including phenoxy) is 1. The molecule has 0 radical (unpaired) electrons. The second-order valence-corrected chi connectivity index (χ2v) is 3.01. The maximum Gasteiger partial charge on any atom is 0.184 e. The number of hydrogen-bond donors (Lipinski definition) is 0. The molecule has 0 spiro atoms. The van der Waals surface area contributed by atoms with Gasteiger partial charge in [0.1, 0.15) is 6.10 Å². The van der Waals surface area contributed by atoms with Crippen LogP contribution in [0.25, 0.3) is 0 Å². The lowest BCUT2D eigenvalue weighted by Gasteiger charge is -2.21. The predicted octanol–water partition coefficient (Wildman–Crippen LogP) is 1.72. The third-order valence-corrected chi connectivity index (χ3v) is 2.12. The summed E-state index contributed by atoms with van der Waals surface area (Å²) in [7, 11) is 1.58. The van der Waals surface area contributed by atoms with Crippen LogP contribution in [-0.2, 0) is 9.53 Å². The summed E-state index contributed by atoms with van der Waals surface area (Å²) in [6.07, 6.45) is 6.91. The van der Waals surface area contributed by atoms with E-state index < -0.39 is 0 Å². The monoisotopic (exact) mass is 166 g/mol. The van der Waals surface area contributed by atoms with Crippen LogP contribution in [0.1, 0.15) is 12.8 Å². The Balaban J connectivity index is 2.57. The predicted molar refractivity (Wildman–Crippen MR) is 47.9 cm³/mol. The molecule has 0 aromatic rings. The van der Waals surface area contributed by atoms with Crippen LogP contribution in [0.4, 0.5) is 0 Å². The van der Waals surface area contributed by atoms with Crippen LogP contribution >= 0.6 is 0 Å². The third-order valence-electron chi connectivity index (χ3n) is 2.12. The molecule has 0 fully saturated rings. The van der Waals surface area contributed by atoms with Crippen LogP contribution in [0.5, 0.6) is 0 Å². The zero-order valence-corrected chi connectivity index (χ0v) is 7.32. The Morgan fingerprint density at radius 3 is 3.17 bits per heavy atom.